The van der Waals surface area contributed by atoms with Crippen molar-refractivity contribution in [1.29, 1.82) is 0 Å². The zero-order valence-corrected chi connectivity index (χ0v) is 18.2. The minimum absolute atomic E-state index is 0.360. The van der Waals surface area contributed by atoms with Crippen molar-refractivity contribution in [3.63, 3.8) is 0 Å². The van der Waals surface area contributed by atoms with Crippen LogP contribution in [0.5, 0.6) is 0 Å². The highest BCUT2D eigenvalue weighted by Crippen LogP contribution is 2.29. The second-order valence-corrected chi connectivity index (χ2v) is 11.2. The summed E-state index contributed by atoms with van der Waals surface area (Å²) in [5.41, 5.74) is 3.59. The van der Waals surface area contributed by atoms with Crippen molar-refractivity contribution in [3.05, 3.63) is 58.4 Å². The summed E-state index contributed by atoms with van der Waals surface area (Å²) in [4.78, 5) is 4.97. The Morgan fingerprint density at radius 2 is 2.18 bits per heavy atom. The van der Waals surface area contributed by atoms with Crippen LogP contribution in [0, 0.1) is 0 Å². The van der Waals surface area contributed by atoms with Gasteiger partial charge in [-0.05, 0) is 53.3 Å². The minimum Gasteiger partial charge on any atom is -0.361 e. The first-order valence-corrected chi connectivity index (χ1v) is 13.3. The van der Waals surface area contributed by atoms with Crippen LogP contribution in [-0.2, 0) is 15.6 Å². The van der Waals surface area contributed by atoms with Crippen LogP contribution in [0.15, 0.2) is 52.9 Å². The molecule has 0 fully saturated rings. The van der Waals surface area contributed by atoms with Crippen molar-refractivity contribution >= 4 is 49.4 Å². The summed E-state index contributed by atoms with van der Waals surface area (Å²) in [6.45, 7) is 0.952. The smallest absolute Gasteiger partial charge is 0.175 e. The van der Waals surface area contributed by atoms with Crippen LogP contribution < -0.4 is 5.32 Å². The van der Waals surface area contributed by atoms with E-state index in [-0.39, 0.29) is 0 Å². The number of H-pyrrole nitrogens is 1. The van der Waals surface area contributed by atoms with Crippen LogP contribution in [0.2, 0.25) is 0 Å². The van der Waals surface area contributed by atoms with E-state index in [4.69, 9.17) is 0 Å². The van der Waals surface area contributed by atoms with Gasteiger partial charge >= 0.3 is 0 Å². The molecule has 1 aliphatic rings. The fourth-order valence-corrected chi connectivity index (χ4v) is 6.04. The summed E-state index contributed by atoms with van der Waals surface area (Å²) in [6, 6.07) is 10.2. The Kier molecular flexibility index (Phi) is 5.96. The Hall–Kier alpha value is -1.54. The maximum Gasteiger partial charge on any atom is 0.175 e. The van der Waals surface area contributed by atoms with Crippen LogP contribution >= 0.6 is 23.1 Å². The number of nitrogens with one attached hydrogen (secondary N) is 2. The predicted molar refractivity (Wildman–Crippen MR) is 121 cm³/mol. The first-order chi connectivity index (χ1) is 13.5. The fourth-order valence-electron chi connectivity index (χ4n) is 3.56. The Morgan fingerprint density at radius 3 is 2.96 bits per heavy atom. The molecule has 1 aromatic carbocycles. The van der Waals surface area contributed by atoms with E-state index in [2.05, 4.69) is 33.9 Å². The molecule has 0 spiro atoms. The number of thioether (sulfide) groups is 1. The molecule has 4 nitrogen and oxygen atoms in total. The summed E-state index contributed by atoms with van der Waals surface area (Å²) >= 11 is 3.75. The van der Waals surface area contributed by atoms with Gasteiger partial charge in [0.1, 0.15) is 0 Å². The molecular weight excluding hydrogens is 408 g/mol. The number of thiophene rings is 1. The lowest BCUT2D eigenvalue weighted by molar-refractivity contribution is 0.525. The Balaban J connectivity index is 1.30. The summed E-state index contributed by atoms with van der Waals surface area (Å²) < 4.78 is 23.4. The zero-order valence-electron chi connectivity index (χ0n) is 15.8. The van der Waals surface area contributed by atoms with E-state index in [1.807, 2.05) is 35.4 Å². The van der Waals surface area contributed by atoms with Gasteiger partial charge in [-0.15, -0.1) is 11.3 Å². The number of aromatic amines is 1. The summed E-state index contributed by atoms with van der Waals surface area (Å²) in [5, 5.41) is 6.86. The van der Waals surface area contributed by atoms with Gasteiger partial charge in [-0.25, -0.2) is 8.42 Å². The number of rotatable bonds is 7. The SMILES string of the molecule is CS(=O)(=O)c1ccc2c(CSCCC3CC(c4cccs4)=CCN3)c[nH]c2c1. The summed E-state index contributed by atoms with van der Waals surface area (Å²) in [6.07, 6.45) is 7.80. The van der Waals surface area contributed by atoms with Gasteiger partial charge in [0, 0.05) is 46.6 Å². The molecule has 7 heteroatoms. The molecule has 1 atom stereocenters. The number of aromatic nitrogens is 1. The molecule has 28 heavy (non-hydrogen) atoms. The molecule has 1 aliphatic heterocycles. The molecule has 1 unspecified atom stereocenters. The number of benzene rings is 1. The molecule has 0 saturated heterocycles. The monoisotopic (exact) mass is 432 g/mol. The van der Waals surface area contributed by atoms with Crippen LogP contribution in [0.25, 0.3) is 16.5 Å². The highest BCUT2D eigenvalue weighted by Gasteiger charge is 2.16. The quantitative estimate of drug-likeness (QED) is 0.531. The zero-order chi connectivity index (χ0) is 19.6. The van der Waals surface area contributed by atoms with E-state index in [9.17, 15) is 8.42 Å². The summed E-state index contributed by atoms with van der Waals surface area (Å²) in [5.74, 6) is 2.03. The average molecular weight is 433 g/mol. The van der Waals surface area contributed by atoms with Gasteiger partial charge in [0.25, 0.3) is 0 Å². The second kappa shape index (κ2) is 8.45. The van der Waals surface area contributed by atoms with Crippen molar-refractivity contribution in [3.8, 4) is 0 Å². The number of fused-ring (bicyclic) bond motifs is 1. The Labute approximate surface area is 174 Å². The molecule has 0 bridgehead atoms. The highest BCUT2D eigenvalue weighted by molar-refractivity contribution is 7.98. The molecule has 0 amide bonds. The fraction of sp³-hybridized carbons (Fsp3) is 0.333. The maximum absolute atomic E-state index is 11.7. The first-order valence-electron chi connectivity index (χ1n) is 9.35. The van der Waals surface area contributed by atoms with Gasteiger partial charge in [-0.2, -0.15) is 11.8 Å². The van der Waals surface area contributed by atoms with E-state index in [1.165, 1.54) is 22.3 Å². The largest absolute Gasteiger partial charge is 0.361 e. The van der Waals surface area contributed by atoms with Gasteiger partial charge < -0.3 is 10.3 Å². The highest BCUT2D eigenvalue weighted by atomic mass is 32.2. The molecule has 0 saturated carbocycles. The standard InChI is InChI=1S/C21H24N2O2S3/c1-28(24,25)18-4-5-19-16(13-23-20(19)12-18)14-26-10-7-17-11-15(6-8-22-17)21-3-2-9-27-21/h2-6,9,12-13,17,22-23H,7-8,10-11,14H2,1H3. The van der Waals surface area contributed by atoms with Crippen LogP contribution in [-0.4, -0.2) is 38.0 Å². The lowest BCUT2D eigenvalue weighted by Crippen LogP contribution is -2.33. The van der Waals surface area contributed by atoms with Crippen molar-refractivity contribution < 1.29 is 8.42 Å². The lowest BCUT2D eigenvalue weighted by atomic mass is 9.99. The molecular formula is C21H24N2O2S3. The molecule has 0 radical (unpaired) electrons. The average Bonchev–Trinajstić information content (AvgIpc) is 3.35. The molecule has 148 valence electrons. The van der Waals surface area contributed by atoms with Gasteiger partial charge in [-0.1, -0.05) is 18.2 Å². The number of sulfone groups is 1. The molecule has 4 rings (SSSR count). The van der Waals surface area contributed by atoms with Gasteiger partial charge in [0.15, 0.2) is 9.84 Å². The first kappa shape index (κ1) is 19.8. The number of hydrogen-bond donors (Lipinski definition) is 2. The minimum atomic E-state index is -3.18. The normalized spacial score (nSPS) is 17.8. The van der Waals surface area contributed by atoms with E-state index in [0.29, 0.717) is 10.9 Å². The lowest BCUT2D eigenvalue weighted by Gasteiger charge is -2.23. The Bertz CT molecular complexity index is 1080. The van der Waals surface area contributed by atoms with E-state index >= 15 is 0 Å². The third kappa shape index (κ3) is 4.54. The van der Waals surface area contributed by atoms with Crippen LogP contribution in [0.4, 0.5) is 0 Å². The molecule has 2 aromatic heterocycles. The van der Waals surface area contributed by atoms with E-state index in [1.54, 1.807) is 12.1 Å². The van der Waals surface area contributed by atoms with Crippen molar-refractivity contribution in [2.24, 2.45) is 0 Å². The van der Waals surface area contributed by atoms with Gasteiger partial charge in [-0.3, -0.25) is 0 Å². The van der Waals surface area contributed by atoms with Crippen molar-refractivity contribution in [1.82, 2.24) is 10.3 Å². The van der Waals surface area contributed by atoms with E-state index in [0.717, 1.165) is 41.8 Å². The second-order valence-electron chi connectivity index (χ2n) is 7.15. The molecule has 3 aromatic rings. The van der Waals surface area contributed by atoms with Crippen LogP contribution in [0.3, 0.4) is 0 Å². The molecule has 0 aliphatic carbocycles. The predicted octanol–water partition coefficient (Wildman–Crippen LogP) is 4.70. The van der Waals surface area contributed by atoms with Crippen LogP contribution in [0.1, 0.15) is 23.3 Å². The summed E-state index contributed by atoms with van der Waals surface area (Å²) in [7, 11) is -3.18. The third-order valence-corrected chi connectivity index (χ3v) is 8.19. The van der Waals surface area contributed by atoms with Gasteiger partial charge in [0.2, 0.25) is 0 Å². The molecule has 2 N–H and O–H groups in total. The Morgan fingerprint density at radius 1 is 1.29 bits per heavy atom. The van der Waals surface area contributed by atoms with Crippen molar-refractivity contribution in [2.45, 2.75) is 29.5 Å². The number of hydrogen-bond acceptors (Lipinski definition) is 5. The third-order valence-electron chi connectivity index (χ3n) is 5.09. The molecule has 3 heterocycles. The van der Waals surface area contributed by atoms with Crippen molar-refractivity contribution in [2.75, 3.05) is 18.6 Å². The topological polar surface area (TPSA) is 62.0 Å². The van der Waals surface area contributed by atoms with Gasteiger partial charge in [0.05, 0.1) is 4.90 Å². The van der Waals surface area contributed by atoms with E-state index < -0.39 is 9.84 Å². The maximum atomic E-state index is 11.7.